The lowest BCUT2D eigenvalue weighted by Gasteiger charge is -2.21. The molecule has 0 fully saturated rings. The van der Waals surface area contributed by atoms with Crippen molar-refractivity contribution in [3.63, 3.8) is 0 Å². The molecular weight excluding hydrogens is 267 g/mol. The molecule has 0 spiro atoms. The number of hydrogen-bond donors (Lipinski definition) is 0. The Bertz CT molecular complexity index is 469. The first-order valence-corrected chi connectivity index (χ1v) is 5.76. The fourth-order valence-electron chi connectivity index (χ4n) is 1.29. The number of alkyl halides is 3. The smallest absolute Gasteiger partial charge is 0.293 e. The summed E-state index contributed by atoms with van der Waals surface area (Å²) in [5.41, 5.74) is -1.75. The van der Waals surface area contributed by atoms with Gasteiger partial charge in [0.05, 0.1) is 5.56 Å². The van der Waals surface area contributed by atoms with E-state index in [1.54, 1.807) is 13.8 Å². The van der Waals surface area contributed by atoms with Crippen LogP contribution >= 0.6 is 11.6 Å². The van der Waals surface area contributed by atoms with Crippen LogP contribution in [0, 0.1) is 5.41 Å². The number of ketones is 1. The number of nitrogens with zero attached hydrogens (tertiary/aromatic N) is 1. The molecule has 1 aromatic heterocycles. The van der Waals surface area contributed by atoms with Crippen LogP contribution in [0.25, 0.3) is 0 Å². The van der Waals surface area contributed by atoms with Crippen molar-refractivity contribution < 1.29 is 18.0 Å². The molecule has 0 unspecified atom stereocenters. The molecule has 0 aliphatic heterocycles. The predicted molar refractivity (Wildman–Crippen MR) is 62.7 cm³/mol. The molecule has 0 bridgehead atoms. The van der Waals surface area contributed by atoms with Gasteiger partial charge in [0.2, 0.25) is 0 Å². The van der Waals surface area contributed by atoms with Crippen molar-refractivity contribution in [2.75, 3.05) is 0 Å². The summed E-state index contributed by atoms with van der Waals surface area (Å²) in [5, 5.41) is -0.406. The van der Waals surface area contributed by atoms with Gasteiger partial charge in [0.25, 0.3) is 0 Å². The van der Waals surface area contributed by atoms with Crippen molar-refractivity contribution in [1.82, 2.24) is 4.98 Å². The lowest BCUT2D eigenvalue weighted by atomic mass is 9.82. The standard InChI is InChI=1S/C12H13ClF3NO/c1-4-11(2,3)9(18)7-5-6-8(12(14,15)16)17-10(7)13/h5-6H,4H2,1-3H3. The Morgan fingerprint density at radius 1 is 1.33 bits per heavy atom. The highest BCUT2D eigenvalue weighted by molar-refractivity contribution is 6.33. The summed E-state index contributed by atoms with van der Waals surface area (Å²) in [4.78, 5) is 15.3. The molecule has 100 valence electrons. The number of hydrogen-bond acceptors (Lipinski definition) is 2. The minimum Gasteiger partial charge on any atom is -0.293 e. The van der Waals surface area contributed by atoms with Gasteiger partial charge >= 0.3 is 6.18 Å². The molecule has 1 rings (SSSR count). The Hall–Kier alpha value is -1.10. The number of aromatic nitrogens is 1. The SMILES string of the molecule is CCC(C)(C)C(=O)c1ccc(C(F)(F)F)nc1Cl. The Labute approximate surface area is 108 Å². The van der Waals surface area contributed by atoms with Gasteiger partial charge in [-0.15, -0.1) is 0 Å². The van der Waals surface area contributed by atoms with Crippen LogP contribution < -0.4 is 0 Å². The summed E-state index contributed by atoms with van der Waals surface area (Å²) in [6.07, 6.45) is -4.01. The monoisotopic (exact) mass is 279 g/mol. The third-order valence-corrected chi connectivity index (χ3v) is 3.17. The molecule has 0 radical (unpaired) electrons. The van der Waals surface area contributed by atoms with Gasteiger partial charge in [-0.05, 0) is 18.6 Å². The maximum atomic E-state index is 12.4. The first kappa shape index (κ1) is 15.0. The summed E-state index contributed by atoms with van der Waals surface area (Å²) in [6, 6.07) is 1.85. The molecule has 0 saturated heterocycles. The topological polar surface area (TPSA) is 30.0 Å². The fraction of sp³-hybridized carbons (Fsp3) is 0.500. The Balaban J connectivity index is 3.19. The maximum absolute atomic E-state index is 12.4. The van der Waals surface area contributed by atoms with E-state index < -0.39 is 22.4 Å². The predicted octanol–water partition coefficient (Wildman–Crippen LogP) is 4.37. The number of Topliss-reactive ketones (excluding diaryl/α,β-unsaturated/α-hetero) is 1. The van der Waals surface area contributed by atoms with Gasteiger partial charge < -0.3 is 0 Å². The molecule has 0 amide bonds. The van der Waals surface area contributed by atoms with E-state index in [-0.39, 0.29) is 11.3 Å². The van der Waals surface area contributed by atoms with Gasteiger partial charge in [-0.25, -0.2) is 4.98 Å². The van der Waals surface area contributed by atoms with E-state index in [0.717, 1.165) is 12.1 Å². The highest BCUT2D eigenvalue weighted by atomic mass is 35.5. The molecular formula is C12H13ClF3NO. The normalized spacial score (nSPS) is 12.6. The van der Waals surface area contributed by atoms with E-state index >= 15 is 0 Å². The molecule has 1 heterocycles. The minimum atomic E-state index is -4.56. The second-order valence-corrected chi connectivity index (χ2v) is 4.96. The summed E-state index contributed by atoms with van der Waals surface area (Å²) < 4.78 is 37.2. The van der Waals surface area contributed by atoms with Crippen LogP contribution in [0.5, 0.6) is 0 Å². The largest absolute Gasteiger partial charge is 0.433 e. The van der Waals surface area contributed by atoms with Crippen LogP contribution in [0.1, 0.15) is 43.2 Å². The number of carbonyl (C=O) groups excluding carboxylic acids is 1. The molecule has 0 aromatic carbocycles. The van der Waals surface area contributed by atoms with Gasteiger partial charge in [-0.3, -0.25) is 4.79 Å². The van der Waals surface area contributed by atoms with E-state index in [9.17, 15) is 18.0 Å². The third-order valence-electron chi connectivity index (χ3n) is 2.88. The van der Waals surface area contributed by atoms with Crippen LogP contribution in [-0.4, -0.2) is 10.8 Å². The van der Waals surface area contributed by atoms with Crippen molar-refractivity contribution in [2.24, 2.45) is 5.41 Å². The van der Waals surface area contributed by atoms with Gasteiger partial charge in [0.1, 0.15) is 10.8 Å². The molecule has 1 aromatic rings. The van der Waals surface area contributed by atoms with Gasteiger partial charge in [0.15, 0.2) is 5.78 Å². The summed E-state index contributed by atoms with van der Waals surface area (Å²) >= 11 is 5.66. The molecule has 2 nitrogen and oxygen atoms in total. The first-order valence-electron chi connectivity index (χ1n) is 5.38. The maximum Gasteiger partial charge on any atom is 0.433 e. The average Bonchev–Trinajstić information content (AvgIpc) is 2.26. The van der Waals surface area contributed by atoms with Crippen molar-refractivity contribution in [3.05, 3.63) is 28.5 Å². The van der Waals surface area contributed by atoms with E-state index in [4.69, 9.17) is 11.6 Å². The second kappa shape index (κ2) is 4.88. The Kier molecular flexibility index (Phi) is 4.05. The lowest BCUT2D eigenvalue weighted by molar-refractivity contribution is -0.141. The summed E-state index contributed by atoms with van der Waals surface area (Å²) in [6.45, 7) is 5.25. The molecule has 18 heavy (non-hydrogen) atoms. The summed E-state index contributed by atoms with van der Waals surface area (Å²) in [7, 11) is 0. The number of halogens is 4. The van der Waals surface area contributed by atoms with Crippen LogP contribution in [-0.2, 0) is 6.18 Å². The van der Waals surface area contributed by atoms with Crippen LogP contribution in [0.15, 0.2) is 12.1 Å². The average molecular weight is 280 g/mol. The number of rotatable bonds is 3. The van der Waals surface area contributed by atoms with E-state index in [0.29, 0.717) is 6.42 Å². The van der Waals surface area contributed by atoms with Gasteiger partial charge in [-0.2, -0.15) is 13.2 Å². The highest BCUT2D eigenvalue weighted by Gasteiger charge is 2.34. The zero-order valence-corrected chi connectivity index (χ0v) is 11.0. The third kappa shape index (κ3) is 3.02. The molecule has 0 saturated carbocycles. The fourth-order valence-corrected chi connectivity index (χ4v) is 1.53. The first-order chi connectivity index (χ1) is 8.09. The van der Waals surface area contributed by atoms with Gasteiger partial charge in [-0.1, -0.05) is 32.4 Å². The van der Waals surface area contributed by atoms with Crippen molar-refractivity contribution in [2.45, 2.75) is 33.4 Å². The Morgan fingerprint density at radius 3 is 2.28 bits per heavy atom. The molecule has 0 atom stereocenters. The second-order valence-electron chi connectivity index (χ2n) is 4.60. The molecule has 0 N–H and O–H groups in total. The Morgan fingerprint density at radius 2 is 1.89 bits per heavy atom. The van der Waals surface area contributed by atoms with Crippen LogP contribution in [0.3, 0.4) is 0 Å². The quantitative estimate of drug-likeness (QED) is 0.607. The van der Waals surface area contributed by atoms with E-state index in [1.165, 1.54) is 0 Å². The van der Waals surface area contributed by atoms with Crippen molar-refractivity contribution >= 4 is 17.4 Å². The van der Waals surface area contributed by atoms with E-state index in [1.807, 2.05) is 6.92 Å². The van der Waals surface area contributed by atoms with E-state index in [2.05, 4.69) is 4.98 Å². The molecule has 6 heteroatoms. The number of carbonyl (C=O) groups is 1. The zero-order valence-electron chi connectivity index (χ0n) is 10.2. The zero-order chi connectivity index (χ0) is 14.1. The minimum absolute atomic E-state index is 0.0246. The lowest BCUT2D eigenvalue weighted by Crippen LogP contribution is -2.24. The van der Waals surface area contributed by atoms with Crippen molar-refractivity contribution in [3.8, 4) is 0 Å². The highest BCUT2D eigenvalue weighted by Crippen LogP contribution is 2.32. The summed E-state index contributed by atoms with van der Waals surface area (Å²) in [5.74, 6) is -0.309. The van der Waals surface area contributed by atoms with Crippen LogP contribution in [0.2, 0.25) is 5.15 Å². The van der Waals surface area contributed by atoms with Gasteiger partial charge in [0, 0.05) is 5.41 Å². The number of pyridine rings is 1. The molecule has 0 aliphatic rings. The van der Waals surface area contributed by atoms with Crippen LogP contribution in [0.4, 0.5) is 13.2 Å². The molecule has 0 aliphatic carbocycles. The van der Waals surface area contributed by atoms with Crippen molar-refractivity contribution in [1.29, 1.82) is 0 Å².